The van der Waals surface area contributed by atoms with Gasteiger partial charge in [-0.15, -0.1) is 11.3 Å². The molecule has 5 aromatic rings. The number of hydrogen-bond donors (Lipinski definition) is 3. The van der Waals surface area contributed by atoms with Gasteiger partial charge in [0.25, 0.3) is 5.56 Å². The van der Waals surface area contributed by atoms with E-state index in [4.69, 9.17) is 17.3 Å². The van der Waals surface area contributed by atoms with Gasteiger partial charge in [-0.05, 0) is 23.8 Å². The van der Waals surface area contributed by atoms with Gasteiger partial charge in [0.15, 0.2) is 16.6 Å². The van der Waals surface area contributed by atoms with Crippen molar-refractivity contribution in [2.24, 2.45) is 0 Å². The van der Waals surface area contributed by atoms with Crippen LogP contribution in [0.25, 0.3) is 39.0 Å². The minimum Gasteiger partial charge on any atom is -0.505 e. The van der Waals surface area contributed by atoms with Crippen LogP contribution in [0.3, 0.4) is 0 Å². The van der Waals surface area contributed by atoms with Crippen LogP contribution in [0.4, 0.5) is 5.13 Å². The number of rotatable bonds is 3. The maximum absolute atomic E-state index is 12.5. The summed E-state index contributed by atoms with van der Waals surface area (Å²) < 4.78 is 1.33. The Morgan fingerprint density at radius 2 is 1.93 bits per heavy atom. The lowest BCUT2D eigenvalue weighted by Gasteiger charge is -2.11. The summed E-state index contributed by atoms with van der Waals surface area (Å²) in [6.07, 6.45) is 3.13. The number of thiazole rings is 1. The molecule has 0 aliphatic heterocycles. The quantitative estimate of drug-likeness (QED) is 0.388. The highest BCUT2D eigenvalue weighted by Gasteiger charge is 2.16. The highest BCUT2D eigenvalue weighted by Crippen LogP contribution is 2.36. The Kier molecular flexibility index (Phi) is 4.30. The third-order valence-corrected chi connectivity index (χ3v) is 5.78. The van der Waals surface area contributed by atoms with E-state index >= 15 is 0 Å². The van der Waals surface area contributed by atoms with Crippen molar-refractivity contribution in [3.8, 4) is 33.8 Å². The first-order chi connectivity index (χ1) is 14.5. The van der Waals surface area contributed by atoms with Crippen molar-refractivity contribution in [1.82, 2.24) is 19.7 Å². The Bertz CT molecular complexity index is 1440. The molecule has 0 saturated carbocycles. The lowest BCUT2D eigenvalue weighted by atomic mass is 10.0. The van der Waals surface area contributed by atoms with Crippen molar-refractivity contribution in [2.45, 2.75) is 0 Å². The monoisotopic (exact) mass is 435 g/mol. The molecule has 0 bridgehead atoms. The first-order valence-corrected chi connectivity index (χ1v) is 10.2. The van der Waals surface area contributed by atoms with Crippen LogP contribution in [-0.4, -0.2) is 24.9 Å². The van der Waals surface area contributed by atoms with Crippen LogP contribution >= 0.6 is 22.9 Å². The largest absolute Gasteiger partial charge is 0.505 e. The zero-order valence-electron chi connectivity index (χ0n) is 15.3. The number of hydrogen-bond acceptors (Lipinski definition) is 6. The van der Waals surface area contributed by atoms with E-state index in [9.17, 15) is 9.90 Å². The van der Waals surface area contributed by atoms with Crippen molar-refractivity contribution in [1.29, 1.82) is 0 Å². The summed E-state index contributed by atoms with van der Waals surface area (Å²) in [7, 11) is 0. The number of nitrogens with one attached hydrogen (secondary N) is 1. The van der Waals surface area contributed by atoms with E-state index < -0.39 is 5.56 Å². The molecule has 0 aliphatic carbocycles. The van der Waals surface area contributed by atoms with E-state index in [0.29, 0.717) is 21.1 Å². The van der Waals surface area contributed by atoms with Gasteiger partial charge in [0.2, 0.25) is 0 Å². The molecule has 7 nitrogen and oxygen atoms in total. The molecule has 3 heterocycles. The molecule has 0 unspecified atom stereocenters. The van der Waals surface area contributed by atoms with Crippen LogP contribution in [0.1, 0.15) is 0 Å². The molecule has 0 radical (unpaired) electrons. The molecule has 0 atom stereocenters. The van der Waals surface area contributed by atoms with Gasteiger partial charge < -0.3 is 15.8 Å². The molecule has 5 rings (SSSR count). The predicted molar refractivity (Wildman–Crippen MR) is 119 cm³/mol. The fraction of sp³-hybridized carbons (Fsp3) is 0. The number of anilines is 1. The second kappa shape index (κ2) is 7.01. The maximum atomic E-state index is 12.5. The van der Waals surface area contributed by atoms with Crippen molar-refractivity contribution in [3.05, 3.63) is 75.6 Å². The second-order valence-corrected chi connectivity index (χ2v) is 7.92. The van der Waals surface area contributed by atoms with Gasteiger partial charge in [-0.1, -0.05) is 35.9 Å². The topological polar surface area (TPSA) is 110 Å². The van der Waals surface area contributed by atoms with Crippen LogP contribution in [0.15, 0.2) is 65.0 Å². The number of benzene rings is 2. The van der Waals surface area contributed by atoms with Gasteiger partial charge in [-0.2, -0.15) is 5.10 Å². The number of pyridine rings is 1. The number of aromatic nitrogens is 4. The molecular weight excluding hydrogens is 422 g/mol. The zero-order chi connectivity index (χ0) is 20.8. The number of fused-ring (bicyclic) bond motifs is 1. The highest BCUT2D eigenvalue weighted by atomic mass is 35.5. The highest BCUT2D eigenvalue weighted by molar-refractivity contribution is 7.13. The minimum absolute atomic E-state index is 0.0530. The number of nitrogens with two attached hydrogens (primary N) is 1. The molecule has 0 spiro atoms. The molecule has 0 aliphatic rings. The summed E-state index contributed by atoms with van der Waals surface area (Å²) in [4.78, 5) is 19.5. The first kappa shape index (κ1) is 18.4. The van der Waals surface area contributed by atoms with Crippen LogP contribution in [0.5, 0.6) is 5.75 Å². The third-order valence-electron chi connectivity index (χ3n) is 4.80. The first-order valence-electron chi connectivity index (χ1n) is 8.91. The molecule has 0 fully saturated rings. The van der Waals surface area contributed by atoms with Crippen LogP contribution in [0.2, 0.25) is 5.02 Å². The second-order valence-electron chi connectivity index (χ2n) is 6.63. The Labute approximate surface area is 179 Å². The number of aromatic amines is 1. The summed E-state index contributed by atoms with van der Waals surface area (Å²) in [5, 5.41) is 18.2. The lowest BCUT2D eigenvalue weighted by Crippen LogP contribution is -2.15. The fourth-order valence-electron chi connectivity index (χ4n) is 3.36. The Balaban J connectivity index is 1.64. The summed E-state index contributed by atoms with van der Waals surface area (Å²) in [5.41, 5.74) is 9.09. The third kappa shape index (κ3) is 3.02. The van der Waals surface area contributed by atoms with Crippen molar-refractivity contribution in [3.63, 3.8) is 0 Å². The Morgan fingerprint density at radius 3 is 2.60 bits per heavy atom. The van der Waals surface area contributed by atoms with Gasteiger partial charge in [0, 0.05) is 34.3 Å². The lowest BCUT2D eigenvalue weighted by molar-refractivity contribution is 0.475. The van der Waals surface area contributed by atoms with E-state index in [1.165, 1.54) is 22.2 Å². The van der Waals surface area contributed by atoms with Crippen molar-refractivity contribution >= 4 is 39.0 Å². The van der Waals surface area contributed by atoms with Crippen LogP contribution in [0, 0.1) is 0 Å². The molecule has 0 saturated heterocycles. The van der Waals surface area contributed by atoms with Gasteiger partial charge >= 0.3 is 0 Å². The summed E-state index contributed by atoms with van der Waals surface area (Å²) >= 11 is 7.88. The average molecular weight is 436 g/mol. The number of nitrogen functional groups attached to an aromatic ring is 1. The molecule has 9 heteroatoms. The molecule has 3 aromatic heterocycles. The van der Waals surface area contributed by atoms with E-state index in [2.05, 4.69) is 15.1 Å². The molecule has 148 valence electrons. The van der Waals surface area contributed by atoms with E-state index in [0.717, 1.165) is 22.4 Å². The number of H-pyrrole nitrogens is 1. The van der Waals surface area contributed by atoms with Gasteiger partial charge in [0.05, 0.1) is 16.2 Å². The number of aromatic hydroxyl groups is 1. The molecule has 30 heavy (non-hydrogen) atoms. The van der Waals surface area contributed by atoms with E-state index in [1.54, 1.807) is 24.4 Å². The molecule has 4 N–H and O–H groups in total. The number of halogens is 1. The predicted octanol–water partition coefficient (Wildman–Crippen LogP) is 4.45. The Morgan fingerprint density at radius 1 is 1.17 bits per heavy atom. The molecule has 2 aromatic carbocycles. The average Bonchev–Trinajstić information content (AvgIpc) is 3.40. The molecular formula is C21H14ClN5O2S. The number of nitrogens with zero attached hydrogens (tertiary/aromatic N) is 3. The normalized spacial score (nSPS) is 11.2. The zero-order valence-corrected chi connectivity index (χ0v) is 16.9. The van der Waals surface area contributed by atoms with E-state index in [-0.39, 0.29) is 11.4 Å². The van der Waals surface area contributed by atoms with Crippen molar-refractivity contribution in [2.75, 3.05) is 5.73 Å². The van der Waals surface area contributed by atoms with Gasteiger partial charge in [-0.25, -0.2) is 9.67 Å². The summed E-state index contributed by atoms with van der Waals surface area (Å²) in [5.74, 6) is -0.162. The Hall–Kier alpha value is -3.62. The summed E-state index contributed by atoms with van der Waals surface area (Å²) in [6.45, 7) is 0. The fourth-order valence-corrected chi connectivity index (χ4v) is 4.21. The van der Waals surface area contributed by atoms with Crippen LogP contribution in [-0.2, 0) is 0 Å². The minimum atomic E-state index is -0.459. The van der Waals surface area contributed by atoms with Gasteiger partial charge in [-0.3, -0.25) is 4.79 Å². The van der Waals surface area contributed by atoms with Crippen molar-refractivity contribution < 1.29 is 5.11 Å². The van der Waals surface area contributed by atoms with Gasteiger partial charge in [0.1, 0.15) is 0 Å². The smallest absolute Gasteiger partial charge is 0.278 e. The van der Waals surface area contributed by atoms with E-state index in [1.807, 2.05) is 29.6 Å². The SMILES string of the molecule is Nc1nc(-c2ccc(-c3cc4c(O)c(-n5cccn5)c(=O)[nH]c4cc3Cl)cc2)cs1. The summed E-state index contributed by atoms with van der Waals surface area (Å²) in [6, 6.07) is 12.8. The van der Waals surface area contributed by atoms with Crippen LogP contribution < -0.4 is 11.3 Å². The standard InChI is InChI=1S/C21H14ClN5O2S/c22-15-9-16-14(19(28)18(20(29)25-16)27-7-1-6-24-27)8-13(15)11-2-4-12(5-3-11)17-10-30-21(23)26-17/h1-10H,(H2,23,26)(H2,25,28,29). The maximum Gasteiger partial charge on any atom is 0.278 e. The molecule has 0 amide bonds.